The summed E-state index contributed by atoms with van der Waals surface area (Å²) in [5.41, 5.74) is 8.15. The molecule has 4 nitrogen and oxygen atoms in total. The first-order chi connectivity index (χ1) is 13.4. The molecule has 0 radical (unpaired) electrons. The van der Waals surface area contributed by atoms with Gasteiger partial charge in [-0.1, -0.05) is 29.8 Å². The van der Waals surface area contributed by atoms with Gasteiger partial charge in [-0.2, -0.15) is 0 Å². The van der Waals surface area contributed by atoms with Gasteiger partial charge in [0.25, 0.3) is 5.91 Å². The lowest BCUT2D eigenvalue weighted by Gasteiger charge is -2.09. The smallest absolute Gasteiger partial charge is 0.255 e. The van der Waals surface area contributed by atoms with Crippen molar-refractivity contribution in [3.63, 3.8) is 0 Å². The van der Waals surface area contributed by atoms with E-state index in [2.05, 4.69) is 16.4 Å². The lowest BCUT2D eigenvalue weighted by atomic mass is 10.1. The maximum Gasteiger partial charge on any atom is 0.255 e. The summed E-state index contributed by atoms with van der Waals surface area (Å²) in [6.07, 6.45) is 0. The second-order valence-corrected chi connectivity index (χ2v) is 7.30. The minimum absolute atomic E-state index is 0.126. The molecule has 1 amide bonds. The van der Waals surface area contributed by atoms with Crippen LogP contribution >= 0.6 is 0 Å². The summed E-state index contributed by atoms with van der Waals surface area (Å²) in [6.45, 7) is 8.03. The number of amides is 1. The molecule has 140 valence electrons. The molecule has 1 N–H and O–H groups in total. The standard InChI is InChI=1S/C24H22N2O2/c1-14-8-9-20(16(3)10-14)23(27)25-19-7-5-6-18(13-19)24-26-21-12-15(2)11-17(4)22(21)28-24/h5-13H,1-4H3,(H,25,27). The van der Waals surface area contributed by atoms with Crippen molar-refractivity contribution < 1.29 is 9.21 Å². The first-order valence-corrected chi connectivity index (χ1v) is 9.27. The highest BCUT2D eigenvalue weighted by atomic mass is 16.3. The highest BCUT2D eigenvalue weighted by Gasteiger charge is 2.13. The van der Waals surface area contributed by atoms with Gasteiger partial charge >= 0.3 is 0 Å². The van der Waals surface area contributed by atoms with E-state index in [0.29, 0.717) is 17.1 Å². The summed E-state index contributed by atoms with van der Waals surface area (Å²) < 4.78 is 5.99. The molecule has 0 unspecified atom stereocenters. The van der Waals surface area contributed by atoms with Crippen LogP contribution in [0.1, 0.15) is 32.6 Å². The number of hydrogen-bond donors (Lipinski definition) is 1. The predicted molar refractivity (Wildman–Crippen MR) is 113 cm³/mol. The zero-order chi connectivity index (χ0) is 19.8. The molecule has 0 saturated carbocycles. The van der Waals surface area contributed by atoms with E-state index >= 15 is 0 Å². The molecule has 0 aliphatic rings. The average Bonchev–Trinajstić information content (AvgIpc) is 3.06. The van der Waals surface area contributed by atoms with Crippen molar-refractivity contribution in [1.29, 1.82) is 0 Å². The van der Waals surface area contributed by atoms with Crippen LogP contribution in [-0.4, -0.2) is 10.9 Å². The summed E-state index contributed by atoms with van der Waals surface area (Å²) in [5, 5.41) is 2.97. The number of hydrogen-bond acceptors (Lipinski definition) is 3. The normalized spacial score (nSPS) is 11.0. The van der Waals surface area contributed by atoms with E-state index in [1.54, 1.807) is 0 Å². The van der Waals surface area contributed by atoms with E-state index in [1.165, 1.54) is 0 Å². The second-order valence-electron chi connectivity index (χ2n) is 7.30. The Labute approximate surface area is 164 Å². The van der Waals surface area contributed by atoms with E-state index in [9.17, 15) is 4.79 Å². The minimum atomic E-state index is -0.126. The molecule has 0 saturated heterocycles. The Hall–Kier alpha value is -3.40. The third-order valence-corrected chi connectivity index (χ3v) is 4.81. The quantitative estimate of drug-likeness (QED) is 0.482. The van der Waals surface area contributed by atoms with Gasteiger partial charge in [-0.05, 0) is 74.7 Å². The Balaban J connectivity index is 1.65. The van der Waals surface area contributed by atoms with Gasteiger partial charge in [0.05, 0.1) is 0 Å². The topological polar surface area (TPSA) is 55.1 Å². The number of oxazole rings is 1. The van der Waals surface area contributed by atoms with Crippen molar-refractivity contribution in [2.24, 2.45) is 0 Å². The summed E-state index contributed by atoms with van der Waals surface area (Å²) in [5.74, 6) is 0.421. The van der Waals surface area contributed by atoms with Crippen molar-refractivity contribution in [3.05, 3.63) is 82.4 Å². The molecule has 0 fully saturated rings. The van der Waals surface area contributed by atoms with Gasteiger partial charge in [0.15, 0.2) is 5.58 Å². The van der Waals surface area contributed by atoms with Gasteiger partial charge in [-0.25, -0.2) is 4.98 Å². The Morgan fingerprint density at radius 1 is 0.893 bits per heavy atom. The molecule has 0 aliphatic carbocycles. The Kier molecular flexibility index (Phi) is 4.47. The van der Waals surface area contributed by atoms with Crippen LogP contribution in [0.2, 0.25) is 0 Å². The van der Waals surface area contributed by atoms with Gasteiger partial charge in [-0.3, -0.25) is 4.79 Å². The third-order valence-electron chi connectivity index (χ3n) is 4.81. The molecular weight excluding hydrogens is 348 g/mol. The zero-order valence-electron chi connectivity index (χ0n) is 16.5. The van der Waals surface area contributed by atoms with Crippen molar-refractivity contribution in [2.45, 2.75) is 27.7 Å². The molecule has 1 aromatic heterocycles. The molecule has 4 aromatic rings. The van der Waals surface area contributed by atoms with Crippen molar-refractivity contribution in [3.8, 4) is 11.5 Å². The number of fused-ring (bicyclic) bond motifs is 1. The van der Waals surface area contributed by atoms with E-state index in [4.69, 9.17) is 4.42 Å². The fourth-order valence-corrected chi connectivity index (χ4v) is 3.50. The summed E-state index contributed by atoms with van der Waals surface area (Å²) in [7, 11) is 0. The number of nitrogens with zero attached hydrogens (tertiary/aromatic N) is 1. The number of anilines is 1. The van der Waals surface area contributed by atoms with Gasteiger partial charge in [0, 0.05) is 16.8 Å². The lowest BCUT2D eigenvalue weighted by molar-refractivity contribution is 0.102. The Morgan fingerprint density at radius 3 is 2.46 bits per heavy atom. The molecular formula is C24H22N2O2. The fraction of sp³-hybridized carbons (Fsp3) is 0.167. The zero-order valence-corrected chi connectivity index (χ0v) is 16.5. The van der Waals surface area contributed by atoms with E-state index in [1.807, 2.05) is 76.2 Å². The van der Waals surface area contributed by atoms with Crippen LogP contribution in [0.3, 0.4) is 0 Å². The molecule has 0 spiro atoms. The van der Waals surface area contributed by atoms with Crippen molar-refractivity contribution in [1.82, 2.24) is 4.98 Å². The van der Waals surface area contributed by atoms with E-state index < -0.39 is 0 Å². The van der Waals surface area contributed by atoms with E-state index in [-0.39, 0.29) is 5.91 Å². The largest absolute Gasteiger partial charge is 0.436 e. The van der Waals surface area contributed by atoms with Gasteiger partial charge < -0.3 is 9.73 Å². The molecule has 4 heteroatoms. The van der Waals surface area contributed by atoms with Crippen LogP contribution in [0.5, 0.6) is 0 Å². The first-order valence-electron chi connectivity index (χ1n) is 9.27. The average molecular weight is 370 g/mol. The summed E-state index contributed by atoms with van der Waals surface area (Å²) in [4.78, 5) is 17.3. The van der Waals surface area contributed by atoms with E-state index in [0.717, 1.165) is 38.9 Å². The molecule has 0 aliphatic heterocycles. The SMILES string of the molecule is Cc1ccc(C(=O)Nc2cccc(-c3nc4cc(C)cc(C)c4o3)c2)c(C)c1. The number of aryl methyl sites for hydroxylation is 4. The third kappa shape index (κ3) is 3.41. The first kappa shape index (κ1) is 18.0. The predicted octanol–water partition coefficient (Wildman–Crippen LogP) is 5.98. The second kappa shape index (κ2) is 6.97. The number of rotatable bonds is 3. The molecule has 28 heavy (non-hydrogen) atoms. The van der Waals surface area contributed by atoms with Crippen molar-refractivity contribution >= 4 is 22.7 Å². The van der Waals surface area contributed by atoms with Crippen LogP contribution in [0, 0.1) is 27.7 Å². The number of carbonyl (C=O) groups excluding carboxylic acids is 1. The molecule has 3 aromatic carbocycles. The molecule has 0 atom stereocenters. The van der Waals surface area contributed by atoms with Gasteiger partial charge in [0.2, 0.25) is 5.89 Å². The van der Waals surface area contributed by atoms with Crippen LogP contribution in [0.25, 0.3) is 22.6 Å². The van der Waals surface area contributed by atoms with Crippen LogP contribution in [-0.2, 0) is 0 Å². The van der Waals surface area contributed by atoms with Crippen molar-refractivity contribution in [2.75, 3.05) is 5.32 Å². The number of aromatic nitrogens is 1. The fourth-order valence-electron chi connectivity index (χ4n) is 3.50. The number of nitrogens with one attached hydrogen (secondary N) is 1. The van der Waals surface area contributed by atoms with Crippen LogP contribution < -0.4 is 5.32 Å². The lowest BCUT2D eigenvalue weighted by Crippen LogP contribution is -2.13. The van der Waals surface area contributed by atoms with Gasteiger partial charge in [0.1, 0.15) is 5.52 Å². The summed E-state index contributed by atoms with van der Waals surface area (Å²) in [6, 6.07) is 17.5. The maximum absolute atomic E-state index is 12.7. The highest BCUT2D eigenvalue weighted by molar-refractivity contribution is 6.05. The molecule has 0 bridgehead atoms. The number of benzene rings is 3. The number of carbonyl (C=O) groups is 1. The highest BCUT2D eigenvalue weighted by Crippen LogP contribution is 2.29. The van der Waals surface area contributed by atoms with Crippen LogP contribution in [0.15, 0.2) is 59.0 Å². The monoisotopic (exact) mass is 370 g/mol. The summed E-state index contributed by atoms with van der Waals surface area (Å²) >= 11 is 0. The Morgan fingerprint density at radius 2 is 1.68 bits per heavy atom. The molecule has 4 rings (SSSR count). The van der Waals surface area contributed by atoms with Gasteiger partial charge in [-0.15, -0.1) is 0 Å². The van der Waals surface area contributed by atoms with Crippen LogP contribution in [0.4, 0.5) is 5.69 Å². The minimum Gasteiger partial charge on any atom is -0.436 e. The Bertz CT molecular complexity index is 1200. The molecule has 1 heterocycles. The maximum atomic E-state index is 12.7.